The van der Waals surface area contributed by atoms with Crippen molar-refractivity contribution in [3.8, 4) is 0 Å². The number of hydrogen-bond donors (Lipinski definition) is 1. The minimum absolute atomic E-state index is 0.142. The Balaban J connectivity index is 2.10. The molecule has 2 bridgehead atoms. The Labute approximate surface area is 99.8 Å². The number of carbonyl (C=O) groups excluding carboxylic acids is 1. The number of para-hydroxylation sites is 1. The van der Waals surface area contributed by atoms with Gasteiger partial charge in [0.1, 0.15) is 0 Å². The molecule has 0 radical (unpaired) electrons. The minimum Gasteiger partial charge on any atom is -0.467 e. The van der Waals surface area contributed by atoms with Crippen LogP contribution in [0.2, 0.25) is 0 Å². The third-order valence-corrected chi connectivity index (χ3v) is 3.89. The van der Waals surface area contributed by atoms with E-state index in [1.165, 1.54) is 7.11 Å². The van der Waals surface area contributed by atoms with Crippen molar-refractivity contribution < 1.29 is 14.6 Å². The molecule has 2 unspecified atom stereocenters. The van der Waals surface area contributed by atoms with Gasteiger partial charge in [-0.3, -0.25) is 0 Å². The number of benzene rings is 1. The smallest absolute Gasteiger partial charge is 0.340 e. The Morgan fingerprint density at radius 2 is 2.29 bits per heavy atom. The van der Waals surface area contributed by atoms with E-state index in [1.54, 1.807) is 0 Å². The molecule has 4 heteroatoms. The minimum atomic E-state index is -1.39. The Hall–Kier alpha value is -1.55. The van der Waals surface area contributed by atoms with Crippen molar-refractivity contribution in [1.29, 1.82) is 0 Å². The molecule has 0 aromatic heterocycles. The lowest BCUT2D eigenvalue weighted by molar-refractivity contribution is -0.166. The number of anilines is 1. The van der Waals surface area contributed by atoms with Crippen LogP contribution in [0.5, 0.6) is 0 Å². The first kappa shape index (κ1) is 10.6. The van der Waals surface area contributed by atoms with E-state index < -0.39 is 11.6 Å². The van der Waals surface area contributed by atoms with Crippen LogP contribution in [0.1, 0.15) is 17.9 Å². The standard InChI is InChI=1S/C13H15NO3/c1-17-12(15)13(16)8-14-7-6-10(13)9-4-2-3-5-11(9)14/h2-5,10,16H,6-8H2,1H3. The van der Waals surface area contributed by atoms with Gasteiger partial charge in [-0.1, -0.05) is 18.2 Å². The summed E-state index contributed by atoms with van der Waals surface area (Å²) in [6.07, 6.45) is 0.794. The summed E-state index contributed by atoms with van der Waals surface area (Å²) in [5, 5.41) is 10.6. The van der Waals surface area contributed by atoms with E-state index in [0.29, 0.717) is 6.54 Å². The Kier molecular flexibility index (Phi) is 2.16. The molecule has 3 aliphatic heterocycles. The monoisotopic (exact) mass is 233 g/mol. The number of nitrogens with zero attached hydrogens (tertiary/aromatic N) is 1. The van der Waals surface area contributed by atoms with Gasteiger partial charge in [-0.05, 0) is 18.1 Å². The maximum absolute atomic E-state index is 11.8. The van der Waals surface area contributed by atoms with E-state index in [1.807, 2.05) is 24.3 Å². The molecular weight excluding hydrogens is 218 g/mol. The van der Waals surface area contributed by atoms with Gasteiger partial charge in [-0.15, -0.1) is 0 Å². The molecule has 1 N–H and O–H groups in total. The predicted octanol–water partition coefficient (Wildman–Crippen LogP) is 0.898. The van der Waals surface area contributed by atoms with Crippen molar-refractivity contribution in [2.24, 2.45) is 0 Å². The Morgan fingerprint density at radius 3 is 3.06 bits per heavy atom. The van der Waals surface area contributed by atoms with Crippen molar-refractivity contribution in [1.82, 2.24) is 0 Å². The van der Waals surface area contributed by atoms with Crippen LogP contribution in [-0.4, -0.2) is 36.9 Å². The maximum Gasteiger partial charge on any atom is 0.340 e. The number of carbonyl (C=O) groups is 1. The topological polar surface area (TPSA) is 49.8 Å². The van der Waals surface area contributed by atoms with Gasteiger partial charge in [0.05, 0.1) is 13.7 Å². The molecule has 2 atom stereocenters. The highest BCUT2D eigenvalue weighted by molar-refractivity contribution is 5.84. The highest BCUT2D eigenvalue weighted by Crippen LogP contribution is 2.47. The summed E-state index contributed by atoms with van der Waals surface area (Å²) in [4.78, 5) is 13.9. The van der Waals surface area contributed by atoms with Gasteiger partial charge in [0.25, 0.3) is 0 Å². The van der Waals surface area contributed by atoms with Gasteiger partial charge in [0, 0.05) is 18.2 Å². The van der Waals surface area contributed by atoms with Crippen molar-refractivity contribution in [3.63, 3.8) is 0 Å². The average molecular weight is 233 g/mol. The molecule has 3 aliphatic rings. The molecule has 0 spiro atoms. The van der Waals surface area contributed by atoms with E-state index in [9.17, 15) is 9.90 Å². The quantitative estimate of drug-likeness (QED) is 0.732. The molecule has 1 aromatic rings. The lowest BCUT2D eigenvalue weighted by atomic mass is 9.72. The second kappa shape index (κ2) is 3.47. The molecule has 0 amide bonds. The molecule has 90 valence electrons. The van der Waals surface area contributed by atoms with Crippen molar-refractivity contribution >= 4 is 11.7 Å². The zero-order valence-corrected chi connectivity index (χ0v) is 9.72. The number of rotatable bonds is 1. The van der Waals surface area contributed by atoms with Gasteiger partial charge in [-0.2, -0.15) is 0 Å². The van der Waals surface area contributed by atoms with Gasteiger partial charge < -0.3 is 14.7 Å². The summed E-state index contributed by atoms with van der Waals surface area (Å²) in [5.41, 5.74) is 0.802. The van der Waals surface area contributed by atoms with Crippen molar-refractivity contribution in [2.45, 2.75) is 17.9 Å². The number of hydrogen-bond acceptors (Lipinski definition) is 4. The second-order valence-corrected chi connectivity index (χ2v) is 4.74. The largest absolute Gasteiger partial charge is 0.467 e. The first-order valence-corrected chi connectivity index (χ1v) is 5.81. The van der Waals surface area contributed by atoms with Crippen LogP contribution in [0, 0.1) is 0 Å². The number of ether oxygens (including phenoxy) is 1. The highest BCUT2D eigenvalue weighted by Gasteiger charge is 2.53. The molecule has 0 aliphatic carbocycles. The molecule has 1 fully saturated rings. The van der Waals surface area contributed by atoms with E-state index in [2.05, 4.69) is 4.90 Å². The van der Waals surface area contributed by atoms with Gasteiger partial charge in [0.15, 0.2) is 5.60 Å². The summed E-state index contributed by atoms with van der Waals surface area (Å²) in [6, 6.07) is 7.95. The lowest BCUT2D eigenvalue weighted by Crippen LogP contribution is -2.61. The molecule has 1 aromatic carbocycles. The zero-order valence-electron chi connectivity index (χ0n) is 9.72. The van der Waals surface area contributed by atoms with Crippen LogP contribution in [0.15, 0.2) is 24.3 Å². The fourth-order valence-electron chi connectivity index (χ4n) is 3.08. The third-order valence-electron chi connectivity index (χ3n) is 3.89. The summed E-state index contributed by atoms with van der Waals surface area (Å²) >= 11 is 0. The Bertz CT molecular complexity index is 473. The summed E-state index contributed by atoms with van der Waals surface area (Å²) in [5.74, 6) is -0.669. The predicted molar refractivity (Wildman–Crippen MR) is 63.0 cm³/mol. The number of esters is 1. The fourth-order valence-corrected chi connectivity index (χ4v) is 3.08. The van der Waals surface area contributed by atoms with E-state index in [0.717, 1.165) is 24.2 Å². The first-order chi connectivity index (χ1) is 8.16. The summed E-state index contributed by atoms with van der Waals surface area (Å²) in [6.45, 7) is 1.22. The van der Waals surface area contributed by atoms with Crippen LogP contribution in [-0.2, 0) is 9.53 Å². The van der Waals surface area contributed by atoms with Crippen LogP contribution in [0.3, 0.4) is 0 Å². The van der Waals surface area contributed by atoms with Gasteiger partial charge in [-0.25, -0.2) is 4.79 Å². The lowest BCUT2D eigenvalue weighted by Gasteiger charge is -2.50. The Morgan fingerprint density at radius 1 is 1.53 bits per heavy atom. The average Bonchev–Trinajstić information content (AvgIpc) is 2.38. The number of piperidine rings is 1. The van der Waals surface area contributed by atoms with Gasteiger partial charge >= 0.3 is 5.97 Å². The van der Waals surface area contributed by atoms with Gasteiger partial charge in [0.2, 0.25) is 0 Å². The summed E-state index contributed by atoms with van der Waals surface area (Å²) in [7, 11) is 1.32. The van der Waals surface area contributed by atoms with E-state index in [4.69, 9.17) is 4.74 Å². The molecule has 1 saturated heterocycles. The third kappa shape index (κ3) is 1.30. The normalized spacial score (nSPS) is 30.0. The number of aliphatic hydroxyl groups is 1. The number of fused-ring (bicyclic) bond motifs is 2. The zero-order chi connectivity index (χ0) is 12.0. The number of methoxy groups -OCH3 is 1. The molecular formula is C13H15NO3. The van der Waals surface area contributed by atoms with Crippen molar-refractivity contribution in [2.75, 3.05) is 25.1 Å². The highest BCUT2D eigenvalue weighted by atomic mass is 16.5. The van der Waals surface area contributed by atoms with E-state index in [-0.39, 0.29) is 5.92 Å². The first-order valence-electron chi connectivity index (χ1n) is 5.81. The molecule has 0 saturated carbocycles. The van der Waals surface area contributed by atoms with Crippen LogP contribution in [0.4, 0.5) is 5.69 Å². The van der Waals surface area contributed by atoms with Crippen LogP contribution in [0.25, 0.3) is 0 Å². The van der Waals surface area contributed by atoms with Crippen LogP contribution >= 0.6 is 0 Å². The van der Waals surface area contributed by atoms with Crippen molar-refractivity contribution in [3.05, 3.63) is 29.8 Å². The molecule has 4 rings (SSSR count). The second-order valence-electron chi connectivity index (χ2n) is 4.74. The van der Waals surface area contributed by atoms with Crippen LogP contribution < -0.4 is 4.90 Å². The molecule has 4 nitrogen and oxygen atoms in total. The van der Waals surface area contributed by atoms with E-state index >= 15 is 0 Å². The molecule has 3 heterocycles. The fraction of sp³-hybridized carbons (Fsp3) is 0.462. The molecule has 17 heavy (non-hydrogen) atoms. The SMILES string of the molecule is COC(=O)C1(O)CN2CCC1c1ccccc12. The summed E-state index contributed by atoms with van der Waals surface area (Å²) < 4.78 is 4.74. The maximum atomic E-state index is 11.8.